The number of thiophene rings is 1. The molecule has 0 bridgehead atoms. The van der Waals surface area contributed by atoms with Crippen molar-refractivity contribution in [1.82, 2.24) is 14.5 Å². The SMILES string of the molecule is Cc1c(Cl)cccc1-n1c(SCC(=O)Nc2nc(-c3ccc(F)cc3)cs2)nc2sc3c(c2c1=O)CCCC3. The van der Waals surface area contributed by atoms with Crippen LogP contribution in [0.5, 0.6) is 0 Å². The Morgan fingerprint density at radius 3 is 2.77 bits per heavy atom. The molecule has 2 aromatic carbocycles. The highest BCUT2D eigenvalue weighted by Gasteiger charge is 2.24. The molecule has 0 atom stereocenters. The Morgan fingerprint density at radius 1 is 1.15 bits per heavy atom. The quantitative estimate of drug-likeness (QED) is 0.165. The Labute approximate surface area is 240 Å². The molecule has 1 aliphatic carbocycles. The Bertz CT molecular complexity index is 1780. The van der Waals surface area contributed by atoms with Crippen LogP contribution in [0.4, 0.5) is 9.52 Å². The van der Waals surface area contributed by atoms with E-state index < -0.39 is 0 Å². The largest absolute Gasteiger partial charge is 0.301 e. The van der Waals surface area contributed by atoms with Crippen molar-refractivity contribution >= 4 is 67.3 Å². The average Bonchev–Trinajstić information content (AvgIpc) is 3.54. The highest BCUT2D eigenvalue weighted by atomic mass is 35.5. The van der Waals surface area contributed by atoms with E-state index in [1.807, 2.05) is 24.4 Å². The van der Waals surface area contributed by atoms with Crippen LogP contribution in [-0.2, 0) is 17.6 Å². The van der Waals surface area contributed by atoms with E-state index in [2.05, 4.69) is 10.3 Å². The van der Waals surface area contributed by atoms with Gasteiger partial charge in [0, 0.05) is 20.8 Å². The van der Waals surface area contributed by atoms with E-state index in [0.717, 1.165) is 47.2 Å². The number of amides is 1. The average molecular weight is 597 g/mol. The van der Waals surface area contributed by atoms with Gasteiger partial charge in [0.05, 0.1) is 22.5 Å². The summed E-state index contributed by atoms with van der Waals surface area (Å²) in [5, 5.41) is 6.75. The zero-order chi connectivity index (χ0) is 27.1. The van der Waals surface area contributed by atoms with Gasteiger partial charge in [0.2, 0.25) is 5.91 Å². The summed E-state index contributed by atoms with van der Waals surface area (Å²) in [6.45, 7) is 1.87. The van der Waals surface area contributed by atoms with E-state index in [0.29, 0.717) is 32.1 Å². The molecule has 3 heterocycles. The molecule has 6 nitrogen and oxygen atoms in total. The number of carbonyl (C=O) groups excluding carboxylic acids is 1. The van der Waals surface area contributed by atoms with Crippen LogP contribution >= 0.6 is 46.0 Å². The first-order valence-electron chi connectivity index (χ1n) is 12.4. The Balaban J connectivity index is 1.30. The fourth-order valence-corrected chi connectivity index (χ4v) is 7.72. The number of hydrogen-bond acceptors (Lipinski definition) is 7. The molecule has 198 valence electrons. The van der Waals surface area contributed by atoms with Gasteiger partial charge >= 0.3 is 0 Å². The maximum absolute atomic E-state index is 14.0. The minimum absolute atomic E-state index is 0.0358. The fraction of sp³-hybridized carbons (Fsp3) is 0.214. The van der Waals surface area contributed by atoms with E-state index in [-0.39, 0.29) is 23.0 Å². The maximum atomic E-state index is 14.0. The van der Waals surface area contributed by atoms with Crippen LogP contribution in [-0.4, -0.2) is 26.2 Å². The standard InChI is InChI=1S/C28H22ClFN4O2S3/c1-15-19(29)6-4-7-21(15)34-26(36)24-18-5-2-3-8-22(18)39-25(24)33-28(34)38-14-23(35)32-27-31-20(13-37-27)16-9-11-17(30)12-10-16/h4,6-7,9-13H,2-3,5,8,14H2,1H3,(H,31,32,35). The minimum atomic E-state index is -0.319. The molecule has 0 radical (unpaired) electrons. The van der Waals surface area contributed by atoms with Crippen LogP contribution in [0.15, 0.2) is 57.8 Å². The number of nitrogens with zero attached hydrogens (tertiary/aromatic N) is 3. The summed E-state index contributed by atoms with van der Waals surface area (Å²) in [4.78, 5) is 38.2. The first-order valence-corrected chi connectivity index (χ1v) is 15.4. The lowest BCUT2D eigenvalue weighted by Gasteiger charge is -2.15. The van der Waals surface area contributed by atoms with Crippen molar-refractivity contribution in [1.29, 1.82) is 0 Å². The highest BCUT2D eigenvalue weighted by Crippen LogP contribution is 2.36. The lowest BCUT2D eigenvalue weighted by Crippen LogP contribution is -2.24. The zero-order valence-electron chi connectivity index (χ0n) is 20.8. The molecule has 39 heavy (non-hydrogen) atoms. The van der Waals surface area contributed by atoms with Gasteiger partial charge < -0.3 is 5.32 Å². The molecule has 1 amide bonds. The van der Waals surface area contributed by atoms with Crippen molar-refractivity contribution in [2.24, 2.45) is 0 Å². The Morgan fingerprint density at radius 2 is 1.95 bits per heavy atom. The number of rotatable bonds is 6. The molecule has 1 aliphatic rings. The van der Waals surface area contributed by atoms with Gasteiger partial charge in [0.15, 0.2) is 10.3 Å². The van der Waals surface area contributed by atoms with Crippen molar-refractivity contribution in [2.75, 3.05) is 11.1 Å². The van der Waals surface area contributed by atoms with E-state index in [1.165, 1.54) is 40.1 Å². The topological polar surface area (TPSA) is 76.9 Å². The Hall–Kier alpha value is -3.05. The molecule has 0 aliphatic heterocycles. The van der Waals surface area contributed by atoms with Crippen LogP contribution < -0.4 is 10.9 Å². The lowest BCUT2D eigenvalue weighted by atomic mass is 9.97. The molecular weight excluding hydrogens is 575 g/mol. The van der Waals surface area contributed by atoms with Crippen molar-refractivity contribution in [3.8, 4) is 16.9 Å². The van der Waals surface area contributed by atoms with Crippen molar-refractivity contribution < 1.29 is 9.18 Å². The summed E-state index contributed by atoms with van der Waals surface area (Å²) in [7, 11) is 0. The van der Waals surface area contributed by atoms with Crippen LogP contribution in [0.3, 0.4) is 0 Å². The summed E-state index contributed by atoms with van der Waals surface area (Å²) < 4.78 is 14.8. The number of carbonyl (C=O) groups is 1. The molecule has 3 aromatic heterocycles. The van der Waals surface area contributed by atoms with E-state index in [4.69, 9.17) is 16.6 Å². The summed E-state index contributed by atoms with van der Waals surface area (Å²) in [6.07, 6.45) is 4.02. The van der Waals surface area contributed by atoms with Gasteiger partial charge in [-0.15, -0.1) is 22.7 Å². The third-order valence-corrected chi connectivity index (χ3v) is 9.95. The fourth-order valence-electron chi connectivity index (χ4n) is 4.70. The number of fused-ring (bicyclic) bond motifs is 3. The number of benzene rings is 2. The molecule has 0 saturated carbocycles. The number of hydrogen-bond donors (Lipinski definition) is 1. The number of aryl methyl sites for hydroxylation is 2. The number of anilines is 1. The predicted molar refractivity (Wildman–Crippen MR) is 158 cm³/mol. The molecular formula is C28H22ClFN4O2S3. The van der Waals surface area contributed by atoms with Gasteiger partial charge in [-0.1, -0.05) is 29.4 Å². The van der Waals surface area contributed by atoms with Crippen LogP contribution in [0.2, 0.25) is 5.02 Å². The predicted octanol–water partition coefficient (Wildman–Crippen LogP) is 7.28. The van der Waals surface area contributed by atoms with Crippen molar-refractivity contribution in [3.63, 3.8) is 0 Å². The highest BCUT2D eigenvalue weighted by molar-refractivity contribution is 7.99. The van der Waals surface area contributed by atoms with E-state index >= 15 is 0 Å². The maximum Gasteiger partial charge on any atom is 0.267 e. The van der Waals surface area contributed by atoms with Gasteiger partial charge in [0.25, 0.3) is 5.56 Å². The zero-order valence-corrected chi connectivity index (χ0v) is 24.0. The van der Waals surface area contributed by atoms with Gasteiger partial charge in [-0.3, -0.25) is 14.2 Å². The van der Waals surface area contributed by atoms with Crippen molar-refractivity contribution in [2.45, 2.75) is 37.8 Å². The van der Waals surface area contributed by atoms with E-state index in [9.17, 15) is 14.0 Å². The number of halogens is 2. The van der Waals surface area contributed by atoms with Gasteiger partial charge in [-0.2, -0.15) is 0 Å². The van der Waals surface area contributed by atoms with Gasteiger partial charge in [0.1, 0.15) is 10.6 Å². The second-order valence-corrected chi connectivity index (χ2v) is 12.5. The molecule has 0 unspecified atom stereocenters. The molecule has 5 aromatic rings. The second kappa shape index (κ2) is 10.8. The summed E-state index contributed by atoms with van der Waals surface area (Å²) in [6, 6.07) is 11.5. The molecule has 0 spiro atoms. The van der Waals surface area contributed by atoms with E-state index in [1.54, 1.807) is 34.1 Å². The summed E-state index contributed by atoms with van der Waals surface area (Å²) in [5.74, 6) is -0.552. The van der Waals surface area contributed by atoms with Crippen LogP contribution in [0.1, 0.15) is 28.8 Å². The summed E-state index contributed by atoms with van der Waals surface area (Å²) in [5.41, 5.74) is 3.83. The normalized spacial score (nSPS) is 13.0. The Kier molecular flexibility index (Phi) is 7.28. The molecule has 11 heteroatoms. The second-order valence-electron chi connectivity index (χ2n) is 9.19. The smallest absolute Gasteiger partial charge is 0.267 e. The van der Waals surface area contributed by atoms with Crippen molar-refractivity contribution in [3.05, 3.63) is 85.0 Å². The minimum Gasteiger partial charge on any atom is -0.301 e. The first kappa shape index (κ1) is 26.2. The molecule has 0 saturated heterocycles. The summed E-state index contributed by atoms with van der Waals surface area (Å²) >= 11 is 10.5. The molecule has 0 fully saturated rings. The number of thioether (sulfide) groups is 1. The van der Waals surface area contributed by atoms with Crippen LogP contribution in [0.25, 0.3) is 27.2 Å². The first-order chi connectivity index (χ1) is 18.9. The number of thiazole rings is 1. The monoisotopic (exact) mass is 596 g/mol. The number of aromatic nitrogens is 3. The van der Waals surface area contributed by atoms with Gasteiger partial charge in [-0.05, 0) is 80.1 Å². The lowest BCUT2D eigenvalue weighted by molar-refractivity contribution is -0.113. The third kappa shape index (κ3) is 5.14. The van der Waals surface area contributed by atoms with Crippen LogP contribution in [0, 0.1) is 12.7 Å². The third-order valence-electron chi connectivity index (χ3n) is 6.66. The molecule has 6 rings (SSSR count). The number of nitrogens with one attached hydrogen (secondary N) is 1. The molecule has 1 N–H and O–H groups in total. The van der Waals surface area contributed by atoms with Gasteiger partial charge in [-0.25, -0.2) is 14.4 Å².